The molecule has 0 atom stereocenters. The summed E-state index contributed by atoms with van der Waals surface area (Å²) in [5, 5.41) is 6.25. The number of piperidine rings is 1. The van der Waals surface area contributed by atoms with Gasteiger partial charge in [-0.3, -0.25) is 4.79 Å². The van der Waals surface area contributed by atoms with Gasteiger partial charge in [0.15, 0.2) is 0 Å². The van der Waals surface area contributed by atoms with Crippen LogP contribution in [0.2, 0.25) is 0 Å². The smallest absolute Gasteiger partial charge is 0.220 e. The van der Waals surface area contributed by atoms with Crippen molar-refractivity contribution in [3.63, 3.8) is 0 Å². The molecule has 1 fully saturated rings. The predicted octanol–water partition coefficient (Wildman–Crippen LogP) is 1.55. The van der Waals surface area contributed by atoms with Crippen molar-refractivity contribution in [2.45, 2.75) is 39.5 Å². The van der Waals surface area contributed by atoms with Crippen molar-refractivity contribution in [3.8, 4) is 0 Å². The lowest BCUT2D eigenvalue weighted by atomic mass is 9.94. The summed E-state index contributed by atoms with van der Waals surface area (Å²) in [6, 6.07) is 0. The molecular weight excluding hydrogens is 228 g/mol. The first-order chi connectivity index (χ1) is 8.68. The van der Waals surface area contributed by atoms with Gasteiger partial charge < -0.3 is 15.4 Å². The van der Waals surface area contributed by atoms with Gasteiger partial charge >= 0.3 is 0 Å². The van der Waals surface area contributed by atoms with Gasteiger partial charge in [0.05, 0.1) is 6.61 Å². The molecule has 1 rings (SSSR count). The van der Waals surface area contributed by atoms with E-state index < -0.39 is 0 Å². The van der Waals surface area contributed by atoms with Crippen LogP contribution in [0.15, 0.2) is 0 Å². The Hall–Kier alpha value is -0.610. The summed E-state index contributed by atoms with van der Waals surface area (Å²) in [6.07, 6.45) is 4.01. The molecule has 4 nitrogen and oxygen atoms in total. The topological polar surface area (TPSA) is 50.4 Å². The molecule has 0 saturated carbocycles. The molecule has 0 spiro atoms. The Balaban J connectivity index is 1.93. The fraction of sp³-hybridized carbons (Fsp3) is 0.929. The first-order valence-electron chi connectivity index (χ1n) is 7.23. The monoisotopic (exact) mass is 256 g/mol. The van der Waals surface area contributed by atoms with Gasteiger partial charge in [-0.25, -0.2) is 0 Å². The number of hydrogen-bond donors (Lipinski definition) is 2. The maximum Gasteiger partial charge on any atom is 0.220 e. The lowest BCUT2D eigenvalue weighted by molar-refractivity contribution is -0.122. The Bertz CT molecular complexity index is 226. The van der Waals surface area contributed by atoms with Crippen LogP contribution in [0.4, 0.5) is 0 Å². The molecule has 18 heavy (non-hydrogen) atoms. The van der Waals surface area contributed by atoms with Crippen LogP contribution < -0.4 is 10.6 Å². The molecule has 1 amide bonds. The zero-order valence-corrected chi connectivity index (χ0v) is 11.8. The maximum absolute atomic E-state index is 11.7. The Morgan fingerprint density at radius 3 is 2.72 bits per heavy atom. The minimum Gasteiger partial charge on any atom is -0.380 e. The van der Waals surface area contributed by atoms with E-state index in [9.17, 15) is 4.79 Å². The van der Waals surface area contributed by atoms with Gasteiger partial charge in [-0.2, -0.15) is 0 Å². The van der Waals surface area contributed by atoms with Crippen molar-refractivity contribution in [1.29, 1.82) is 0 Å². The highest BCUT2D eigenvalue weighted by Crippen LogP contribution is 2.15. The maximum atomic E-state index is 11.7. The van der Waals surface area contributed by atoms with Crippen LogP contribution in [0, 0.1) is 11.8 Å². The summed E-state index contributed by atoms with van der Waals surface area (Å²) in [6.45, 7) is 8.54. The second-order valence-corrected chi connectivity index (χ2v) is 5.54. The molecule has 0 radical (unpaired) electrons. The highest BCUT2D eigenvalue weighted by molar-refractivity contribution is 5.76. The van der Waals surface area contributed by atoms with Gasteiger partial charge in [0.25, 0.3) is 0 Å². The third-order valence-corrected chi connectivity index (χ3v) is 3.34. The molecule has 0 unspecified atom stereocenters. The predicted molar refractivity (Wildman–Crippen MR) is 73.5 cm³/mol. The molecule has 1 aliphatic heterocycles. The number of carbonyl (C=O) groups is 1. The molecule has 1 saturated heterocycles. The quantitative estimate of drug-likeness (QED) is 0.648. The number of hydrogen-bond acceptors (Lipinski definition) is 3. The molecule has 106 valence electrons. The summed E-state index contributed by atoms with van der Waals surface area (Å²) in [7, 11) is 0. The van der Waals surface area contributed by atoms with Crippen LogP contribution in [0.3, 0.4) is 0 Å². The Kier molecular flexibility index (Phi) is 8.01. The van der Waals surface area contributed by atoms with Crippen LogP contribution in [-0.4, -0.2) is 38.8 Å². The van der Waals surface area contributed by atoms with Crippen LogP contribution >= 0.6 is 0 Å². The Labute approximate surface area is 111 Å². The zero-order chi connectivity index (χ0) is 13.2. The average Bonchev–Trinajstić information content (AvgIpc) is 2.34. The molecule has 2 N–H and O–H groups in total. The van der Waals surface area contributed by atoms with E-state index in [4.69, 9.17) is 4.74 Å². The second-order valence-electron chi connectivity index (χ2n) is 5.54. The van der Waals surface area contributed by atoms with Gasteiger partial charge in [-0.05, 0) is 44.2 Å². The van der Waals surface area contributed by atoms with Crippen molar-refractivity contribution >= 4 is 5.91 Å². The summed E-state index contributed by atoms with van der Waals surface area (Å²) in [5.41, 5.74) is 0. The molecule has 0 aromatic heterocycles. The van der Waals surface area contributed by atoms with E-state index in [2.05, 4.69) is 24.5 Å². The van der Waals surface area contributed by atoms with Crippen molar-refractivity contribution in [1.82, 2.24) is 10.6 Å². The van der Waals surface area contributed by atoms with E-state index in [1.54, 1.807) is 0 Å². The molecule has 4 heteroatoms. The number of carbonyl (C=O) groups excluding carboxylic acids is 1. The van der Waals surface area contributed by atoms with Gasteiger partial charge in [0, 0.05) is 19.6 Å². The number of amides is 1. The highest BCUT2D eigenvalue weighted by Gasteiger charge is 2.16. The van der Waals surface area contributed by atoms with E-state index >= 15 is 0 Å². The van der Waals surface area contributed by atoms with E-state index in [-0.39, 0.29) is 5.91 Å². The number of ether oxygens (including phenoxy) is 1. The van der Waals surface area contributed by atoms with Crippen molar-refractivity contribution < 1.29 is 9.53 Å². The normalized spacial score (nSPS) is 17.1. The van der Waals surface area contributed by atoms with Crippen LogP contribution in [0.5, 0.6) is 0 Å². The molecule has 1 heterocycles. The number of nitrogens with one attached hydrogen (secondary N) is 2. The Morgan fingerprint density at radius 2 is 2.06 bits per heavy atom. The molecule has 0 bridgehead atoms. The zero-order valence-electron chi connectivity index (χ0n) is 11.8. The van der Waals surface area contributed by atoms with Gasteiger partial charge in [0.2, 0.25) is 5.91 Å². The lowest BCUT2D eigenvalue weighted by Gasteiger charge is -2.21. The first-order valence-corrected chi connectivity index (χ1v) is 7.23. The van der Waals surface area contributed by atoms with Crippen molar-refractivity contribution in [2.75, 3.05) is 32.8 Å². The fourth-order valence-corrected chi connectivity index (χ4v) is 2.10. The third kappa shape index (κ3) is 7.67. The van der Waals surface area contributed by atoms with E-state index in [0.29, 0.717) is 31.4 Å². The van der Waals surface area contributed by atoms with Gasteiger partial charge in [-0.15, -0.1) is 0 Å². The highest BCUT2D eigenvalue weighted by atomic mass is 16.5. The van der Waals surface area contributed by atoms with Crippen LogP contribution in [0.1, 0.15) is 39.5 Å². The van der Waals surface area contributed by atoms with E-state index in [1.165, 1.54) is 0 Å². The molecular formula is C14H28N2O2. The molecule has 0 aliphatic carbocycles. The minimum atomic E-state index is 0.175. The second kappa shape index (κ2) is 9.34. The summed E-state index contributed by atoms with van der Waals surface area (Å²) >= 11 is 0. The Morgan fingerprint density at radius 1 is 1.33 bits per heavy atom. The summed E-state index contributed by atoms with van der Waals surface area (Å²) in [5.74, 6) is 1.42. The minimum absolute atomic E-state index is 0.175. The van der Waals surface area contributed by atoms with Crippen LogP contribution in [-0.2, 0) is 9.53 Å². The number of rotatable bonds is 8. The fourth-order valence-electron chi connectivity index (χ4n) is 2.10. The standard InChI is InChI=1S/C14H28N2O2/c1-12(2)5-9-18-10-8-16-14(17)11-13-3-6-15-7-4-13/h12-13,15H,3-11H2,1-2H3,(H,16,17). The van der Waals surface area contributed by atoms with E-state index in [0.717, 1.165) is 39.0 Å². The summed E-state index contributed by atoms with van der Waals surface area (Å²) < 4.78 is 5.46. The largest absolute Gasteiger partial charge is 0.380 e. The molecule has 1 aliphatic rings. The molecule has 0 aromatic carbocycles. The SMILES string of the molecule is CC(C)CCOCCNC(=O)CC1CCNCC1. The lowest BCUT2D eigenvalue weighted by Crippen LogP contribution is -2.33. The van der Waals surface area contributed by atoms with Crippen LogP contribution in [0.25, 0.3) is 0 Å². The van der Waals surface area contributed by atoms with E-state index in [1.807, 2.05) is 0 Å². The third-order valence-electron chi connectivity index (χ3n) is 3.34. The molecule has 0 aromatic rings. The van der Waals surface area contributed by atoms with Gasteiger partial charge in [-0.1, -0.05) is 13.8 Å². The van der Waals surface area contributed by atoms with Gasteiger partial charge in [0.1, 0.15) is 0 Å². The first kappa shape index (κ1) is 15.4. The van der Waals surface area contributed by atoms with Crippen molar-refractivity contribution in [3.05, 3.63) is 0 Å². The van der Waals surface area contributed by atoms with Crippen molar-refractivity contribution in [2.24, 2.45) is 11.8 Å². The summed E-state index contributed by atoms with van der Waals surface area (Å²) in [4.78, 5) is 11.7. The average molecular weight is 256 g/mol.